The fourth-order valence-electron chi connectivity index (χ4n) is 3.25. The summed E-state index contributed by atoms with van der Waals surface area (Å²) in [4.78, 5) is 13.3. The Kier molecular flexibility index (Phi) is 5.21. The van der Waals surface area contributed by atoms with Gasteiger partial charge in [0.1, 0.15) is 0 Å². The van der Waals surface area contributed by atoms with E-state index < -0.39 is 10.0 Å². The Hall–Kier alpha value is -2.97. The molecule has 0 spiro atoms. The van der Waals surface area contributed by atoms with E-state index in [0.717, 1.165) is 16.2 Å². The normalized spacial score (nSPS) is 16.5. The monoisotopic (exact) mass is 425 g/mol. The Morgan fingerprint density at radius 1 is 1.10 bits per heavy atom. The van der Waals surface area contributed by atoms with Crippen LogP contribution in [-0.4, -0.2) is 25.0 Å². The molecule has 0 saturated carbocycles. The molecule has 0 fully saturated rings. The molecule has 6 nitrogen and oxygen atoms in total. The number of benzene rings is 2. The largest absolute Gasteiger partial charge is 0.280 e. The molecule has 4 rings (SSSR count). The Morgan fingerprint density at radius 2 is 1.90 bits per heavy atom. The molecule has 1 aliphatic rings. The highest BCUT2D eigenvalue weighted by Crippen LogP contribution is 2.35. The summed E-state index contributed by atoms with van der Waals surface area (Å²) in [7, 11) is -3.68. The van der Waals surface area contributed by atoms with Crippen molar-refractivity contribution in [2.75, 3.05) is 4.72 Å². The first-order valence-corrected chi connectivity index (χ1v) is 11.4. The zero-order valence-corrected chi connectivity index (χ0v) is 17.3. The van der Waals surface area contributed by atoms with Crippen molar-refractivity contribution in [1.82, 2.24) is 5.01 Å². The lowest BCUT2D eigenvalue weighted by molar-refractivity contribution is -0.130. The van der Waals surface area contributed by atoms with E-state index in [9.17, 15) is 13.2 Å². The molecule has 2 aromatic carbocycles. The second-order valence-corrected chi connectivity index (χ2v) is 9.31. The van der Waals surface area contributed by atoms with Crippen molar-refractivity contribution in [2.24, 2.45) is 5.10 Å². The summed E-state index contributed by atoms with van der Waals surface area (Å²) in [6, 6.07) is 19.1. The number of amides is 1. The number of hydrazone groups is 1. The summed E-state index contributed by atoms with van der Waals surface area (Å²) in [5.41, 5.74) is 1.98. The van der Waals surface area contributed by atoms with Crippen LogP contribution in [0.2, 0.25) is 0 Å². The maximum absolute atomic E-state index is 12.6. The van der Waals surface area contributed by atoms with Gasteiger partial charge in [-0.3, -0.25) is 9.52 Å². The van der Waals surface area contributed by atoms with Crippen LogP contribution in [0.1, 0.15) is 29.8 Å². The summed E-state index contributed by atoms with van der Waals surface area (Å²) >= 11 is 1.59. The van der Waals surface area contributed by atoms with E-state index in [1.54, 1.807) is 59.9 Å². The smallest absolute Gasteiger partial charge is 0.261 e. The van der Waals surface area contributed by atoms with E-state index in [1.165, 1.54) is 11.9 Å². The minimum atomic E-state index is -3.68. The molecule has 8 heteroatoms. The quantitative estimate of drug-likeness (QED) is 0.664. The number of nitrogens with one attached hydrogen (secondary N) is 1. The second-order valence-electron chi connectivity index (χ2n) is 6.64. The van der Waals surface area contributed by atoms with Gasteiger partial charge in [0.15, 0.2) is 0 Å². The summed E-state index contributed by atoms with van der Waals surface area (Å²) in [6.07, 6.45) is 0.578. The summed E-state index contributed by atoms with van der Waals surface area (Å²) in [5, 5.41) is 8.00. The molecule has 0 saturated heterocycles. The van der Waals surface area contributed by atoms with Crippen molar-refractivity contribution in [3.63, 3.8) is 0 Å². The third kappa shape index (κ3) is 4.08. The number of nitrogens with zero attached hydrogens (tertiary/aromatic N) is 2. The van der Waals surface area contributed by atoms with Crippen molar-refractivity contribution < 1.29 is 13.2 Å². The number of hydrogen-bond donors (Lipinski definition) is 1. The van der Waals surface area contributed by atoms with Crippen LogP contribution in [0.25, 0.3) is 0 Å². The van der Waals surface area contributed by atoms with Gasteiger partial charge in [-0.2, -0.15) is 5.10 Å². The maximum atomic E-state index is 12.6. The van der Waals surface area contributed by atoms with Crippen LogP contribution in [0.4, 0.5) is 5.69 Å². The number of hydrogen-bond acceptors (Lipinski definition) is 5. The van der Waals surface area contributed by atoms with Gasteiger partial charge in [0.2, 0.25) is 5.91 Å². The third-order valence-corrected chi connectivity index (χ3v) is 6.98. The Bertz CT molecular complexity index is 1160. The minimum absolute atomic E-state index is 0.126. The third-order valence-electron chi connectivity index (χ3n) is 4.61. The summed E-state index contributed by atoms with van der Waals surface area (Å²) in [5.74, 6) is -0.126. The number of thiophene rings is 1. The molecule has 1 atom stereocenters. The fourth-order valence-corrected chi connectivity index (χ4v) is 5.14. The van der Waals surface area contributed by atoms with Gasteiger partial charge in [0.05, 0.1) is 16.6 Å². The van der Waals surface area contributed by atoms with Gasteiger partial charge >= 0.3 is 0 Å². The van der Waals surface area contributed by atoms with Gasteiger partial charge in [0.25, 0.3) is 10.0 Å². The molecule has 1 N–H and O–H groups in total. The molecule has 29 heavy (non-hydrogen) atoms. The number of rotatable bonds is 5. The van der Waals surface area contributed by atoms with Gasteiger partial charge in [-0.25, -0.2) is 13.4 Å². The highest BCUT2D eigenvalue weighted by molar-refractivity contribution is 7.92. The number of anilines is 1. The molecule has 0 bridgehead atoms. The molecule has 0 radical (unpaired) electrons. The van der Waals surface area contributed by atoms with Gasteiger partial charge in [-0.05, 0) is 41.3 Å². The molecular formula is C21H19N3O3S2. The molecule has 1 aromatic heterocycles. The highest BCUT2D eigenvalue weighted by Gasteiger charge is 2.32. The number of carbonyl (C=O) groups excluding carboxylic acids is 1. The van der Waals surface area contributed by atoms with E-state index in [4.69, 9.17) is 0 Å². The van der Waals surface area contributed by atoms with E-state index in [2.05, 4.69) is 9.82 Å². The zero-order valence-electron chi connectivity index (χ0n) is 15.6. The van der Waals surface area contributed by atoms with Gasteiger partial charge in [-0.15, -0.1) is 11.3 Å². The van der Waals surface area contributed by atoms with Crippen molar-refractivity contribution >= 4 is 38.7 Å². The van der Waals surface area contributed by atoms with E-state index in [0.29, 0.717) is 12.1 Å². The first kappa shape index (κ1) is 19.4. The molecule has 1 aliphatic heterocycles. The molecular weight excluding hydrogens is 406 g/mol. The molecule has 2 heterocycles. The molecule has 0 aliphatic carbocycles. The Labute approximate surface area is 173 Å². The molecule has 0 unspecified atom stereocenters. The van der Waals surface area contributed by atoms with Crippen LogP contribution in [-0.2, 0) is 14.8 Å². The zero-order chi connectivity index (χ0) is 20.4. The SMILES string of the molecule is CC(=O)N1N=C(c2cccc(NS(=O)(=O)c3ccccc3)c2)C[C@H]1c1cccs1. The van der Waals surface area contributed by atoms with Gasteiger partial charge in [0, 0.05) is 23.9 Å². The van der Waals surface area contributed by atoms with Crippen molar-refractivity contribution in [3.05, 3.63) is 82.6 Å². The number of carbonyl (C=O) groups is 1. The van der Waals surface area contributed by atoms with E-state index in [1.807, 2.05) is 23.6 Å². The maximum Gasteiger partial charge on any atom is 0.261 e. The van der Waals surface area contributed by atoms with E-state index >= 15 is 0 Å². The predicted molar refractivity (Wildman–Crippen MR) is 114 cm³/mol. The van der Waals surface area contributed by atoms with Crippen molar-refractivity contribution in [3.8, 4) is 0 Å². The van der Waals surface area contributed by atoms with Gasteiger partial charge in [-0.1, -0.05) is 36.4 Å². The van der Waals surface area contributed by atoms with Crippen LogP contribution in [0.5, 0.6) is 0 Å². The van der Waals surface area contributed by atoms with Crippen LogP contribution in [0.3, 0.4) is 0 Å². The lowest BCUT2D eigenvalue weighted by Crippen LogP contribution is -2.23. The number of sulfonamides is 1. The van der Waals surface area contributed by atoms with Gasteiger partial charge < -0.3 is 0 Å². The predicted octanol–water partition coefficient (Wildman–Crippen LogP) is 4.25. The lowest BCUT2D eigenvalue weighted by atomic mass is 10.0. The van der Waals surface area contributed by atoms with Crippen molar-refractivity contribution in [2.45, 2.75) is 24.3 Å². The van der Waals surface area contributed by atoms with Crippen molar-refractivity contribution in [1.29, 1.82) is 0 Å². The average molecular weight is 426 g/mol. The topological polar surface area (TPSA) is 78.8 Å². The lowest BCUT2D eigenvalue weighted by Gasteiger charge is -2.18. The van der Waals surface area contributed by atoms with Crippen LogP contribution in [0.15, 0.2) is 82.1 Å². The molecule has 3 aromatic rings. The summed E-state index contributed by atoms with van der Waals surface area (Å²) < 4.78 is 27.8. The fraction of sp³-hybridized carbons (Fsp3) is 0.143. The Balaban J connectivity index is 1.61. The van der Waals surface area contributed by atoms with Crippen LogP contribution < -0.4 is 4.72 Å². The minimum Gasteiger partial charge on any atom is -0.280 e. The molecule has 1 amide bonds. The first-order valence-electron chi connectivity index (χ1n) is 9.03. The Morgan fingerprint density at radius 3 is 2.59 bits per heavy atom. The first-order chi connectivity index (χ1) is 13.9. The van der Waals surface area contributed by atoms with Crippen LogP contribution >= 0.6 is 11.3 Å². The second kappa shape index (κ2) is 7.81. The highest BCUT2D eigenvalue weighted by atomic mass is 32.2. The standard InChI is InChI=1S/C21H19N3O3S2/c1-15(25)24-20(21-11-6-12-28-21)14-19(22-24)16-7-5-8-17(13-16)23-29(26,27)18-9-3-2-4-10-18/h2-13,20,23H,14H2,1H3/t20-/m0/s1. The van der Waals surface area contributed by atoms with E-state index in [-0.39, 0.29) is 16.8 Å². The summed E-state index contributed by atoms with van der Waals surface area (Å²) in [6.45, 7) is 1.50. The molecule has 148 valence electrons. The average Bonchev–Trinajstić information content (AvgIpc) is 3.38. The van der Waals surface area contributed by atoms with Crippen LogP contribution in [0, 0.1) is 0 Å².